The van der Waals surface area contributed by atoms with Crippen molar-refractivity contribution in [3.8, 4) is 44.5 Å². The van der Waals surface area contributed by atoms with Crippen molar-refractivity contribution in [3.63, 3.8) is 0 Å². The van der Waals surface area contributed by atoms with Crippen LogP contribution in [0.1, 0.15) is 58.4 Å². The maximum absolute atomic E-state index is 7.08. The van der Waals surface area contributed by atoms with Gasteiger partial charge in [0, 0.05) is 44.8 Å². The van der Waals surface area contributed by atoms with Crippen LogP contribution in [0.5, 0.6) is 0 Å². The number of fused-ring (bicyclic) bond motifs is 9. The van der Waals surface area contributed by atoms with E-state index in [2.05, 4.69) is 257 Å². The third kappa shape index (κ3) is 5.90. The highest BCUT2D eigenvalue weighted by molar-refractivity contribution is 6.10. The zero-order chi connectivity index (χ0) is 45.7. The fourth-order valence-electron chi connectivity index (χ4n) is 11.9. The van der Waals surface area contributed by atoms with Crippen molar-refractivity contribution in [2.45, 2.75) is 38.5 Å². The average molecular weight is 872 g/mol. The normalized spacial score (nSPS) is 13.8. The van der Waals surface area contributed by atoms with Gasteiger partial charge in [0.1, 0.15) is 11.2 Å². The Bertz CT molecular complexity index is 3730. The first kappa shape index (κ1) is 40.1. The molecule has 13 rings (SSSR count). The lowest BCUT2D eigenvalue weighted by Crippen LogP contribution is -2.28. The number of benzene rings is 10. The minimum Gasteiger partial charge on any atom is -0.455 e. The van der Waals surface area contributed by atoms with Crippen molar-refractivity contribution in [2.24, 2.45) is 0 Å². The van der Waals surface area contributed by atoms with Gasteiger partial charge in [-0.25, -0.2) is 0 Å². The van der Waals surface area contributed by atoms with Crippen LogP contribution < -0.4 is 4.90 Å². The number of furan rings is 1. The number of nitrogens with zero attached hydrogens (tertiary/aromatic N) is 1. The molecule has 2 aliphatic carbocycles. The fourth-order valence-corrected chi connectivity index (χ4v) is 11.9. The Morgan fingerprint density at radius 1 is 0.368 bits per heavy atom. The molecule has 1 heterocycles. The predicted molar refractivity (Wildman–Crippen MR) is 284 cm³/mol. The van der Waals surface area contributed by atoms with Crippen LogP contribution in [0.4, 0.5) is 17.1 Å². The summed E-state index contributed by atoms with van der Waals surface area (Å²) in [4.78, 5) is 2.42. The van der Waals surface area contributed by atoms with Crippen molar-refractivity contribution in [2.75, 3.05) is 4.90 Å². The molecule has 2 heteroatoms. The topological polar surface area (TPSA) is 16.4 Å². The Kier molecular flexibility index (Phi) is 8.95. The average Bonchev–Trinajstić information content (AvgIpc) is 3.97. The zero-order valence-electron chi connectivity index (χ0n) is 38.7. The Balaban J connectivity index is 0.954. The maximum atomic E-state index is 7.08. The first-order valence-electron chi connectivity index (χ1n) is 23.8. The van der Waals surface area contributed by atoms with Gasteiger partial charge in [0.2, 0.25) is 0 Å². The predicted octanol–water partition coefficient (Wildman–Crippen LogP) is 17.7. The first-order chi connectivity index (χ1) is 33.3. The van der Waals surface area contributed by atoms with Crippen LogP contribution in [-0.4, -0.2) is 0 Å². The van der Waals surface area contributed by atoms with E-state index < -0.39 is 5.41 Å². The Hall–Kier alpha value is -8.20. The molecular weight excluding hydrogens is 823 g/mol. The molecule has 11 aromatic rings. The lowest BCUT2D eigenvalue weighted by molar-refractivity contribution is 0.660. The van der Waals surface area contributed by atoms with Crippen LogP contribution >= 0.6 is 0 Å². The molecule has 68 heavy (non-hydrogen) atoms. The van der Waals surface area contributed by atoms with E-state index in [1.165, 1.54) is 72.3 Å². The molecule has 2 nitrogen and oxygen atoms in total. The molecule has 0 amide bonds. The van der Waals surface area contributed by atoms with E-state index in [9.17, 15) is 0 Å². The van der Waals surface area contributed by atoms with Gasteiger partial charge in [0.05, 0.1) is 11.1 Å². The molecule has 0 N–H and O–H groups in total. The molecule has 2 aliphatic rings. The number of rotatable bonds is 7. The molecule has 0 spiro atoms. The van der Waals surface area contributed by atoms with Gasteiger partial charge < -0.3 is 9.32 Å². The summed E-state index contributed by atoms with van der Waals surface area (Å²) in [6, 6.07) is 83.0. The quantitative estimate of drug-likeness (QED) is 0.159. The van der Waals surface area contributed by atoms with Crippen molar-refractivity contribution < 1.29 is 4.42 Å². The smallest absolute Gasteiger partial charge is 0.143 e. The molecule has 0 atom stereocenters. The third-order valence-electron chi connectivity index (χ3n) is 15.1. The SMILES string of the molecule is Cc1ccc2c(c1)C(c1ccccc1)(c1ccc(-c3cccc4c3oc3cc(N(c5ccc6c(c5)C(C)(C)c5ccccc5-6)c5ccccc5-c5ccccc5)ccc34)cc1)c1cc(C)ccc1-2. The Morgan fingerprint density at radius 3 is 1.65 bits per heavy atom. The highest BCUT2D eigenvalue weighted by Gasteiger charge is 2.46. The van der Waals surface area contributed by atoms with Crippen molar-refractivity contribution in [1.29, 1.82) is 0 Å². The lowest BCUT2D eigenvalue weighted by atomic mass is 9.67. The second-order valence-corrected chi connectivity index (χ2v) is 19.4. The van der Waals surface area contributed by atoms with Crippen LogP contribution in [0.2, 0.25) is 0 Å². The number of para-hydroxylation sites is 2. The van der Waals surface area contributed by atoms with E-state index in [4.69, 9.17) is 4.42 Å². The number of hydrogen-bond acceptors (Lipinski definition) is 2. The van der Waals surface area contributed by atoms with Gasteiger partial charge in [-0.05, 0) is 111 Å². The minimum atomic E-state index is -0.464. The molecule has 10 aromatic carbocycles. The number of aryl methyl sites for hydroxylation is 2. The Morgan fingerprint density at radius 2 is 0.912 bits per heavy atom. The van der Waals surface area contributed by atoms with Gasteiger partial charge in [-0.3, -0.25) is 0 Å². The minimum absolute atomic E-state index is 0.143. The number of hydrogen-bond donors (Lipinski definition) is 0. The maximum Gasteiger partial charge on any atom is 0.143 e. The van der Waals surface area contributed by atoms with Crippen LogP contribution in [0, 0.1) is 13.8 Å². The lowest BCUT2D eigenvalue weighted by Gasteiger charge is -2.34. The zero-order valence-corrected chi connectivity index (χ0v) is 38.7. The van der Waals surface area contributed by atoms with Crippen LogP contribution in [-0.2, 0) is 10.8 Å². The molecule has 0 bridgehead atoms. The molecular formula is C66H49NO. The van der Waals surface area contributed by atoms with Gasteiger partial charge in [0.15, 0.2) is 0 Å². The molecule has 0 saturated carbocycles. The van der Waals surface area contributed by atoms with E-state index in [-0.39, 0.29) is 5.41 Å². The van der Waals surface area contributed by atoms with Gasteiger partial charge in [-0.15, -0.1) is 0 Å². The van der Waals surface area contributed by atoms with Gasteiger partial charge >= 0.3 is 0 Å². The van der Waals surface area contributed by atoms with Crippen LogP contribution in [0.3, 0.4) is 0 Å². The monoisotopic (exact) mass is 871 g/mol. The van der Waals surface area contributed by atoms with E-state index >= 15 is 0 Å². The number of anilines is 3. The van der Waals surface area contributed by atoms with Crippen molar-refractivity contribution >= 4 is 39.0 Å². The van der Waals surface area contributed by atoms with Crippen LogP contribution in [0.15, 0.2) is 229 Å². The summed E-state index contributed by atoms with van der Waals surface area (Å²) in [5.74, 6) is 0. The van der Waals surface area contributed by atoms with E-state index in [1.807, 2.05) is 0 Å². The van der Waals surface area contributed by atoms with E-state index in [1.54, 1.807) is 0 Å². The van der Waals surface area contributed by atoms with E-state index in [0.717, 1.165) is 55.7 Å². The summed E-state index contributed by atoms with van der Waals surface area (Å²) in [6.07, 6.45) is 0. The summed E-state index contributed by atoms with van der Waals surface area (Å²) in [7, 11) is 0. The van der Waals surface area contributed by atoms with Crippen molar-refractivity contribution in [1.82, 2.24) is 0 Å². The largest absolute Gasteiger partial charge is 0.455 e. The fraction of sp³-hybridized carbons (Fsp3) is 0.0909. The molecule has 0 unspecified atom stereocenters. The van der Waals surface area contributed by atoms with Crippen molar-refractivity contribution in [3.05, 3.63) is 269 Å². The third-order valence-corrected chi connectivity index (χ3v) is 15.1. The summed E-state index contributed by atoms with van der Waals surface area (Å²) in [6.45, 7) is 9.12. The van der Waals surface area contributed by atoms with Gasteiger partial charge in [0.25, 0.3) is 0 Å². The second-order valence-electron chi connectivity index (χ2n) is 19.4. The summed E-state index contributed by atoms with van der Waals surface area (Å²) >= 11 is 0. The molecule has 0 fully saturated rings. The molecule has 0 aliphatic heterocycles. The Labute approximate surface area is 398 Å². The van der Waals surface area contributed by atoms with E-state index in [0.29, 0.717) is 0 Å². The van der Waals surface area contributed by atoms with Crippen LogP contribution in [0.25, 0.3) is 66.4 Å². The molecule has 0 radical (unpaired) electrons. The second kappa shape index (κ2) is 15.2. The molecule has 1 aromatic heterocycles. The summed E-state index contributed by atoms with van der Waals surface area (Å²) in [5.41, 5.74) is 24.6. The summed E-state index contributed by atoms with van der Waals surface area (Å²) in [5, 5.41) is 2.20. The highest BCUT2D eigenvalue weighted by Crippen LogP contribution is 2.57. The highest BCUT2D eigenvalue weighted by atomic mass is 16.3. The first-order valence-corrected chi connectivity index (χ1v) is 23.8. The standard InChI is InChI=1S/C66H49NO/c1-42-26-34-54-55-35-27-43(2)39-61(55)66(60(54)38-42,46-18-9-6-10-19-46)47-30-28-45(29-31-47)51-22-15-23-57-56-37-33-49(41-63(56)68-64(51)57)67(62-25-14-12-20-50(62)44-16-7-5-8-17-44)48-32-36-53-52-21-11-13-24-58(52)65(3,4)59(53)40-48/h5-41H,1-4H3. The molecule has 324 valence electrons. The van der Waals surface area contributed by atoms with Gasteiger partial charge in [-0.2, -0.15) is 0 Å². The molecule has 0 saturated heterocycles. The summed E-state index contributed by atoms with van der Waals surface area (Å²) < 4.78 is 7.08. The van der Waals surface area contributed by atoms with Gasteiger partial charge in [-0.1, -0.05) is 213 Å².